The zero-order chi connectivity index (χ0) is 9.26. The molecule has 3 atom stereocenters. The van der Waals surface area contributed by atoms with Crippen LogP contribution in [0.2, 0.25) is 0 Å². The van der Waals surface area contributed by atoms with E-state index in [9.17, 15) is 4.79 Å². The van der Waals surface area contributed by atoms with Crippen LogP contribution in [0, 0.1) is 5.92 Å². The molecule has 2 aliphatic rings. The van der Waals surface area contributed by atoms with Crippen molar-refractivity contribution in [3.63, 3.8) is 0 Å². The van der Waals surface area contributed by atoms with E-state index in [1.807, 2.05) is 6.92 Å². The fraction of sp³-hybridized carbons (Fsp3) is 0.889. The molecule has 2 fully saturated rings. The molecular weight excluding hydrogens is 172 g/mol. The summed E-state index contributed by atoms with van der Waals surface area (Å²) in [4.78, 5) is 11.4. The predicted molar refractivity (Wildman–Crippen MR) is 44.0 cm³/mol. The second-order valence-corrected chi connectivity index (χ2v) is 3.45. The summed E-state index contributed by atoms with van der Waals surface area (Å²) in [6.45, 7) is 3.03. The number of fused-ring (bicyclic) bond motifs is 2. The Bertz CT molecular complexity index is 204. The largest absolute Gasteiger partial charge is 0.465 e. The van der Waals surface area contributed by atoms with E-state index in [2.05, 4.69) is 0 Å². The van der Waals surface area contributed by atoms with Crippen molar-refractivity contribution in [2.75, 3.05) is 13.2 Å². The SMILES string of the molecule is CCCOC(=O)[C@H]1C[C@@H]2OC[C@H]1O2. The van der Waals surface area contributed by atoms with Gasteiger partial charge in [-0.05, 0) is 6.42 Å². The van der Waals surface area contributed by atoms with Gasteiger partial charge in [0.05, 0.1) is 25.2 Å². The minimum absolute atomic E-state index is 0.0608. The lowest BCUT2D eigenvalue weighted by Crippen LogP contribution is -2.30. The van der Waals surface area contributed by atoms with Crippen LogP contribution in [0.15, 0.2) is 0 Å². The second kappa shape index (κ2) is 3.64. The van der Waals surface area contributed by atoms with Crippen molar-refractivity contribution < 1.29 is 19.0 Å². The Kier molecular flexibility index (Phi) is 2.51. The molecule has 0 amide bonds. The molecule has 0 N–H and O–H groups in total. The van der Waals surface area contributed by atoms with Crippen LogP contribution >= 0.6 is 0 Å². The summed E-state index contributed by atoms with van der Waals surface area (Å²) in [5.41, 5.74) is 0. The van der Waals surface area contributed by atoms with Gasteiger partial charge in [-0.1, -0.05) is 6.92 Å². The normalized spacial score (nSPS) is 36.5. The number of hydrogen-bond donors (Lipinski definition) is 0. The van der Waals surface area contributed by atoms with E-state index in [1.54, 1.807) is 0 Å². The fourth-order valence-corrected chi connectivity index (χ4v) is 1.73. The average molecular weight is 186 g/mol. The topological polar surface area (TPSA) is 44.8 Å². The highest BCUT2D eigenvalue weighted by Crippen LogP contribution is 2.34. The quantitative estimate of drug-likeness (QED) is 0.609. The highest BCUT2D eigenvalue weighted by Gasteiger charge is 2.46. The lowest BCUT2D eigenvalue weighted by atomic mass is 10.0. The molecule has 2 bridgehead atoms. The number of ether oxygens (including phenoxy) is 3. The van der Waals surface area contributed by atoms with E-state index in [0.29, 0.717) is 19.6 Å². The lowest BCUT2D eigenvalue weighted by Gasteiger charge is -2.16. The first kappa shape index (κ1) is 8.97. The van der Waals surface area contributed by atoms with Gasteiger partial charge in [0.25, 0.3) is 0 Å². The molecule has 13 heavy (non-hydrogen) atoms. The van der Waals surface area contributed by atoms with Crippen molar-refractivity contribution in [1.29, 1.82) is 0 Å². The molecule has 0 aliphatic carbocycles. The minimum atomic E-state index is -0.163. The summed E-state index contributed by atoms with van der Waals surface area (Å²) in [7, 11) is 0. The summed E-state index contributed by atoms with van der Waals surface area (Å²) in [5.74, 6) is -0.219. The highest BCUT2D eigenvalue weighted by molar-refractivity contribution is 5.73. The Morgan fingerprint density at radius 2 is 2.46 bits per heavy atom. The summed E-state index contributed by atoms with van der Waals surface area (Å²) >= 11 is 0. The van der Waals surface area contributed by atoms with Crippen molar-refractivity contribution in [2.24, 2.45) is 5.92 Å². The van der Waals surface area contributed by atoms with Crippen molar-refractivity contribution in [3.8, 4) is 0 Å². The van der Waals surface area contributed by atoms with Gasteiger partial charge in [0.15, 0.2) is 6.29 Å². The molecule has 0 spiro atoms. The maximum atomic E-state index is 11.4. The van der Waals surface area contributed by atoms with Crippen LogP contribution in [-0.2, 0) is 19.0 Å². The zero-order valence-corrected chi connectivity index (χ0v) is 7.69. The Morgan fingerprint density at radius 3 is 3.00 bits per heavy atom. The van der Waals surface area contributed by atoms with Crippen molar-refractivity contribution in [2.45, 2.75) is 32.2 Å². The van der Waals surface area contributed by atoms with Crippen molar-refractivity contribution in [3.05, 3.63) is 0 Å². The van der Waals surface area contributed by atoms with E-state index < -0.39 is 0 Å². The van der Waals surface area contributed by atoms with Gasteiger partial charge in [-0.25, -0.2) is 0 Å². The molecule has 0 radical (unpaired) electrons. The van der Waals surface area contributed by atoms with E-state index in [0.717, 1.165) is 6.42 Å². The fourth-order valence-electron chi connectivity index (χ4n) is 1.73. The summed E-state index contributed by atoms with van der Waals surface area (Å²) < 4.78 is 15.6. The maximum absolute atomic E-state index is 11.4. The summed E-state index contributed by atoms with van der Waals surface area (Å²) in [5, 5.41) is 0. The number of carbonyl (C=O) groups excluding carboxylic acids is 1. The van der Waals surface area contributed by atoms with Gasteiger partial charge in [0, 0.05) is 6.42 Å². The van der Waals surface area contributed by atoms with Gasteiger partial charge in [-0.2, -0.15) is 0 Å². The van der Waals surface area contributed by atoms with E-state index >= 15 is 0 Å². The van der Waals surface area contributed by atoms with Gasteiger partial charge in [-0.15, -0.1) is 0 Å². The molecule has 2 rings (SSSR count). The van der Waals surface area contributed by atoms with Crippen LogP contribution in [0.5, 0.6) is 0 Å². The first-order valence-electron chi connectivity index (χ1n) is 4.75. The van der Waals surface area contributed by atoms with Crippen LogP contribution in [0.25, 0.3) is 0 Å². The summed E-state index contributed by atoms with van der Waals surface area (Å²) in [6.07, 6.45) is 1.30. The van der Waals surface area contributed by atoms with Crippen molar-refractivity contribution >= 4 is 5.97 Å². The van der Waals surface area contributed by atoms with E-state index in [-0.39, 0.29) is 24.3 Å². The Labute approximate surface area is 77.1 Å². The van der Waals surface area contributed by atoms with Gasteiger partial charge in [0.1, 0.15) is 0 Å². The van der Waals surface area contributed by atoms with Gasteiger partial charge >= 0.3 is 5.97 Å². The molecule has 74 valence electrons. The zero-order valence-electron chi connectivity index (χ0n) is 7.69. The molecule has 2 aliphatic heterocycles. The number of rotatable bonds is 3. The molecule has 0 aromatic heterocycles. The summed E-state index contributed by atoms with van der Waals surface area (Å²) in [6, 6.07) is 0. The van der Waals surface area contributed by atoms with Gasteiger partial charge in [0.2, 0.25) is 0 Å². The highest BCUT2D eigenvalue weighted by atomic mass is 16.7. The number of esters is 1. The van der Waals surface area contributed by atoms with E-state index in [4.69, 9.17) is 14.2 Å². The number of carbonyl (C=O) groups is 1. The third-order valence-corrected chi connectivity index (χ3v) is 2.42. The van der Waals surface area contributed by atoms with Crippen LogP contribution in [0.1, 0.15) is 19.8 Å². The van der Waals surface area contributed by atoms with E-state index in [1.165, 1.54) is 0 Å². The first-order chi connectivity index (χ1) is 6.31. The molecular formula is C9H14O4. The van der Waals surface area contributed by atoms with Crippen LogP contribution < -0.4 is 0 Å². The minimum Gasteiger partial charge on any atom is -0.465 e. The molecule has 0 saturated carbocycles. The molecule has 2 heterocycles. The lowest BCUT2D eigenvalue weighted by molar-refractivity contribution is -0.151. The first-order valence-corrected chi connectivity index (χ1v) is 4.75. The maximum Gasteiger partial charge on any atom is 0.311 e. The van der Waals surface area contributed by atoms with Crippen LogP contribution in [-0.4, -0.2) is 31.6 Å². The third-order valence-electron chi connectivity index (χ3n) is 2.42. The van der Waals surface area contributed by atoms with Gasteiger partial charge < -0.3 is 14.2 Å². The standard InChI is InChI=1S/C9H14O4/c1-2-3-11-9(10)6-4-8-12-5-7(6)13-8/h6-8H,2-5H2,1H3/t6-,7+,8+/m0/s1. The molecule has 0 unspecified atom stereocenters. The predicted octanol–water partition coefficient (Wildman–Crippen LogP) is 0.701. The van der Waals surface area contributed by atoms with Gasteiger partial charge in [-0.3, -0.25) is 4.79 Å². The monoisotopic (exact) mass is 186 g/mol. The number of hydrogen-bond acceptors (Lipinski definition) is 4. The Morgan fingerprint density at radius 1 is 1.62 bits per heavy atom. The van der Waals surface area contributed by atoms with Crippen LogP contribution in [0.4, 0.5) is 0 Å². The second-order valence-electron chi connectivity index (χ2n) is 3.45. The Hall–Kier alpha value is -0.610. The average Bonchev–Trinajstić information content (AvgIpc) is 2.74. The smallest absolute Gasteiger partial charge is 0.311 e. The molecule has 0 aromatic carbocycles. The Balaban J connectivity index is 1.84. The molecule has 4 nitrogen and oxygen atoms in total. The molecule has 4 heteroatoms. The molecule has 0 aromatic rings. The molecule has 2 saturated heterocycles. The van der Waals surface area contributed by atoms with Crippen LogP contribution in [0.3, 0.4) is 0 Å². The third kappa shape index (κ3) is 1.69. The van der Waals surface area contributed by atoms with Crippen molar-refractivity contribution in [1.82, 2.24) is 0 Å².